The second-order valence-corrected chi connectivity index (χ2v) is 12.3. The molecule has 9 nitrogen and oxygen atoms in total. The number of aromatic nitrogens is 4. The van der Waals surface area contributed by atoms with Crippen molar-refractivity contribution in [2.75, 3.05) is 50.1 Å². The van der Waals surface area contributed by atoms with Gasteiger partial charge in [0.05, 0.1) is 5.02 Å². The SMILES string of the molecule is C=CC(=O)N1C[C@H](C)N(c2nc(N3CC(N(C)C)C3)nc3c(F)c(-c4c(C)ccc5cn(C)nc45)c(Cl)cc23)C[C@H]1C. The highest BCUT2D eigenvalue weighted by molar-refractivity contribution is 6.35. The van der Waals surface area contributed by atoms with Gasteiger partial charge in [0, 0.05) is 79.4 Å². The summed E-state index contributed by atoms with van der Waals surface area (Å²) < 4.78 is 18.6. The summed E-state index contributed by atoms with van der Waals surface area (Å²) in [6, 6.07) is 5.93. The Bertz CT molecular complexity index is 1730. The van der Waals surface area contributed by atoms with Crippen molar-refractivity contribution in [2.24, 2.45) is 7.05 Å². The molecule has 0 spiro atoms. The predicted octanol–water partition coefficient (Wildman–Crippen LogP) is 4.65. The lowest BCUT2D eigenvalue weighted by molar-refractivity contribution is -0.128. The number of benzene rings is 2. The molecule has 2 atom stereocenters. The van der Waals surface area contributed by atoms with Crippen LogP contribution in [0.3, 0.4) is 0 Å². The number of fused-ring (bicyclic) bond motifs is 2. The van der Waals surface area contributed by atoms with Crippen LogP contribution in [-0.4, -0.2) is 93.9 Å². The van der Waals surface area contributed by atoms with Crippen LogP contribution < -0.4 is 9.80 Å². The third kappa shape index (κ3) is 4.57. The average Bonchev–Trinajstić information content (AvgIpc) is 3.29. The van der Waals surface area contributed by atoms with E-state index in [1.54, 1.807) is 10.7 Å². The zero-order valence-electron chi connectivity index (χ0n) is 24.9. The standard InChI is InChI=1S/C31H36ClFN8O/c1-8-24(42)40-12-19(4)41(13-18(40)3)30-22-11-23(32)26(25-17(2)9-10-20-14-38(7)36-28(20)25)27(33)29(22)34-31(35-30)39-15-21(16-39)37(5)6/h8-11,14,18-19,21H,1,12-13,15-16H2,2-7H3/t18-,19+/m1/s1. The summed E-state index contributed by atoms with van der Waals surface area (Å²) in [4.78, 5) is 30.6. The fourth-order valence-electron chi connectivity index (χ4n) is 6.17. The lowest BCUT2D eigenvalue weighted by atomic mass is 9.96. The molecule has 2 fully saturated rings. The van der Waals surface area contributed by atoms with Crippen LogP contribution in [0.15, 0.2) is 37.1 Å². The fraction of sp³-hybridized carbons (Fsp3) is 0.419. The molecular weight excluding hydrogens is 555 g/mol. The van der Waals surface area contributed by atoms with Gasteiger partial charge in [0.15, 0.2) is 5.82 Å². The van der Waals surface area contributed by atoms with Gasteiger partial charge in [-0.05, 0) is 52.6 Å². The first-order valence-corrected chi connectivity index (χ1v) is 14.6. The minimum absolute atomic E-state index is 0.0759. The largest absolute Gasteiger partial charge is 0.349 e. The van der Waals surface area contributed by atoms with E-state index < -0.39 is 5.82 Å². The zero-order chi connectivity index (χ0) is 30.0. The topological polar surface area (TPSA) is 73.6 Å². The molecule has 4 aromatic rings. The Labute approximate surface area is 250 Å². The van der Waals surface area contributed by atoms with E-state index in [9.17, 15) is 4.79 Å². The van der Waals surface area contributed by atoms with Crippen molar-refractivity contribution in [2.45, 2.75) is 38.9 Å². The van der Waals surface area contributed by atoms with Gasteiger partial charge in [0.1, 0.15) is 16.9 Å². The number of carbonyl (C=O) groups is 1. The molecule has 0 bridgehead atoms. The average molecular weight is 591 g/mol. The van der Waals surface area contributed by atoms with Crippen molar-refractivity contribution in [3.63, 3.8) is 0 Å². The molecule has 11 heteroatoms. The van der Waals surface area contributed by atoms with Crippen molar-refractivity contribution in [3.05, 3.63) is 53.5 Å². The zero-order valence-corrected chi connectivity index (χ0v) is 25.7. The number of hydrogen-bond donors (Lipinski definition) is 0. The maximum Gasteiger partial charge on any atom is 0.246 e. The molecule has 0 radical (unpaired) electrons. The number of anilines is 2. The number of amides is 1. The second kappa shape index (κ2) is 10.5. The van der Waals surface area contributed by atoms with Crippen molar-refractivity contribution in [3.8, 4) is 11.1 Å². The number of aryl methyl sites for hydroxylation is 2. The molecular formula is C31H36ClFN8O. The lowest BCUT2D eigenvalue weighted by Gasteiger charge is -2.45. The Kier molecular flexibility index (Phi) is 7.09. The molecule has 2 aliphatic rings. The number of nitrogens with zero attached hydrogens (tertiary/aromatic N) is 8. The van der Waals surface area contributed by atoms with E-state index in [2.05, 4.69) is 40.5 Å². The van der Waals surface area contributed by atoms with Gasteiger partial charge in [-0.3, -0.25) is 9.48 Å². The second-order valence-electron chi connectivity index (χ2n) is 11.9. The van der Waals surface area contributed by atoms with E-state index in [1.807, 2.05) is 51.0 Å². The maximum absolute atomic E-state index is 16.9. The first-order valence-electron chi connectivity index (χ1n) is 14.2. The Morgan fingerprint density at radius 1 is 1.10 bits per heavy atom. The number of rotatable bonds is 5. The Morgan fingerprint density at radius 3 is 2.52 bits per heavy atom. The van der Waals surface area contributed by atoms with E-state index in [1.165, 1.54) is 6.08 Å². The lowest BCUT2D eigenvalue weighted by Crippen LogP contribution is -2.59. The first-order chi connectivity index (χ1) is 20.0. The summed E-state index contributed by atoms with van der Waals surface area (Å²) in [6.07, 6.45) is 3.26. The summed E-state index contributed by atoms with van der Waals surface area (Å²) in [6.45, 7) is 12.2. The molecule has 4 heterocycles. The molecule has 220 valence electrons. The van der Waals surface area contributed by atoms with E-state index >= 15 is 4.39 Å². The maximum atomic E-state index is 16.9. The van der Waals surface area contributed by atoms with Crippen molar-refractivity contribution < 1.29 is 9.18 Å². The van der Waals surface area contributed by atoms with Gasteiger partial charge in [-0.25, -0.2) is 9.37 Å². The smallest absolute Gasteiger partial charge is 0.246 e. The van der Waals surface area contributed by atoms with Crippen molar-refractivity contribution in [1.82, 2.24) is 29.5 Å². The normalized spacial score (nSPS) is 19.7. The third-order valence-corrected chi connectivity index (χ3v) is 8.99. The summed E-state index contributed by atoms with van der Waals surface area (Å²) in [5.41, 5.74) is 2.74. The Hall–Kier alpha value is -3.76. The van der Waals surface area contributed by atoms with Crippen LogP contribution in [0, 0.1) is 12.7 Å². The van der Waals surface area contributed by atoms with E-state index in [-0.39, 0.29) is 28.5 Å². The number of likely N-dealkylation sites (N-methyl/N-ethyl adjacent to an activating group) is 1. The molecule has 6 rings (SSSR count). The van der Waals surface area contributed by atoms with Crippen LogP contribution in [0.1, 0.15) is 19.4 Å². The monoisotopic (exact) mass is 590 g/mol. The van der Waals surface area contributed by atoms with Crippen LogP contribution in [-0.2, 0) is 11.8 Å². The number of halogens is 2. The number of piperazine rings is 1. The predicted molar refractivity (Wildman–Crippen MR) is 167 cm³/mol. The van der Waals surface area contributed by atoms with Crippen molar-refractivity contribution >= 4 is 51.1 Å². The summed E-state index contributed by atoms with van der Waals surface area (Å²) >= 11 is 6.95. The van der Waals surface area contributed by atoms with Gasteiger partial charge >= 0.3 is 0 Å². The van der Waals surface area contributed by atoms with Crippen LogP contribution in [0.2, 0.25) is 5.02 Å². The fourth-order valence-corrected chi connectivity index (χ4v) is 6.46. The summed E-state index contributed by atoms with van der Waals surface area (Å²) in [5, 5.41) is 6.37. The molecule has 42 heavy (non-hydrogen) atoms. The Morgan fingerprint density at radius 2 is 1.83 bits per heavy atom. The number of hydrogen-bond acceptors (Lipinski definition) is 7. The van der Waals surface area contributed by atoms with Gasteiger partial charge in [-0.1, -0.05) is 30.3 Å². The van der Waals surface area contributed by atoms with Crippen LogP contribution in [0.5, 0.6) is 0 Å². The van der Waals surface area contributed by atoms with Gasteiger partial charge < -0.3 is 19.6 Å². The highest BCUT2D eigenvalue weighted by Gasteiger charge is 2.36. The quantitative estimate of drug-likeness (QED) is 0.313. The molecule has 1 amide bonds. The summed E-state index contributed by atoms with van der Waals surface area (Å²) in [7, 11) is 5.95. The summed E-state index contributed by atoms with van der Waals surface area (Å²) in [5.74, 6) is 0.512. The molecule has 2 aromatic carbocycles. The minimum atomic E-state index is -0.491. The van der Waals surface area contributed by atoms with Crippen LogP contribution in [0.25, 0.3) is 32.9 Å². The molecule has 2 saturated heterocycles. The highest BCUT2D eigenvalue weighted by atomic mass is 35.5. The molecule has 0 aliphatic carbocycles. The van der Waals surface area contributed by atoms with E-state index in [0.29, 0.717) is 52.9 Å². The molecule has 2 aromatic heterocycles. The number of carbonyl (C=O) groups excluding carboxylic acids is 1. The highest BCUT2D eigenvalue weighted by Crippen LogP contribution is 2.43. The van der Waals surface area contributed by atoms with E-state index in [4.69, 9.17) is 21.6 Å². The van der Waals surface area contributed by atoms with E-state index in [0.717, 1.165) is 24.0 Å². The van der Waals surface area contributed by atoms with Crippen LogP contribution >= 0.6 is 11.6 Å². The van der Waals surface area contributed by atoms with Gasteiger partial charge in [-0.2, -0.15) is 10.1 Å². The van der Waals surface area contributed by atoms with Crippen molar-refractivity contribution in [1.29, 1.82) is 0 Å². The van der Waals surface area contributed by atoms with Gasteiger partial charge in [0.25, 0.3) is 0 Å². The molecule has 0 N–H and O–H groups in total. The third-order valence-electron chi connectivity index (χ3n) is 8.69. The molecule has 2 aliphatic heterocycles. The van der Waals surface area contributed by atoms with Crippen LogP contribution in [0.4, 0.5) is 16.2 Å². The first kappa shape index (κ1) is 28.4. The van der Waals surface area contributed by atoms with Gasteiger partial charge in [0.2, 0.25) is 11.9 Å². The van der Waals surface area contributed by atoms with Gasteiger partial charge in [-0.15, -0.1) is 0 Å². The minimum Gasteiger partial charge on any atom is -0.349 e. The molecule has 0 saturated carbocycles. The molecule has 0 unspecified atom stereocenters. The Balaban J connectivity index is 1.55.